The molecule has 5 atom stereocenters. The molecule has 0 spiro atoms. The molecule has 4 rings (SSSR count). The molecule has 0 amide bonds. The fourth-order valence-electron chi connectivity index (χ4n) is 3.64. The van der Waals surface area contributed by atoms with Crippen LogP contribution in [0.5, 0.6) is 17.2 Å². The first-order valence-electron chi connectivity index (χ1n) is 9.20. The van der Waals surface area contributed by atoms with Crippen LogP contribution in [0, 0.1) is 0 Å². The molecule has 2 aromatic carbocycles. The van der Waals surface area contributed by atoms with E-state index >= 15 is 0 Å². The smallest absolute Gasteiger partial charge is 0.197 e. The minimum atomic E-state index is -1.66. The van der Waals surface area contributed by atoms with Crippen molar-refractivity contribution in [2.24, 2.45) is 0 Å². The van der Waals surface area contributed by atoms with Gasteiger partial charge in [0.1, 0.15) is 58.4 Å². The standard InChI is InChI=1S/C21H20O9/c1-8-17(25)19(27)20(28)21(29-8)16-12(24)7-14-15(18(16)26)11(23)6-13(30-14)9-2-4-10(22)5-3-9/h2-8,17,19-22,24-28H,1H3/t8-,17-,19-,20+,21-/m0/s1. The van der Waals surface area contributed by atoms with Crippen LogP contribution < -0.4 is 5.43 Å². The second kappa shape index (κ2) is 7.29. The number of aliphatic hydroxyl groups is 3. The zero-order valence-electron chi connectivity index (χ0n) is 15.8. The normalized spacial score (nSPS) is 26.7. The lowest BCUT2D eigenvalue weighted by molar-refractivity contribution is -0.220. The largest absolute Gasteiger partial charge is 0.508 e. The maximum atomic E-state index is 12.7. The molecule has 1 saturated heterocycles. The molecule has 0 saturated carbocycles. The van der Waals surface area contributed by atoms with E-state index in [1.807, 2.05) is 0 Å². The van der Waals surface area contributed by atoms with E-state index in [0.717, 1.165) is 12.1 Å². The summed E-state index contributed by atoms with van der Waals surface area (Å²) in [7, 11) is 0. The zero-order chi connectivity index (χ0) is 21.7. The number of phenols is 3. The van der Waals surface area contributed by atoms with Crippen LogP contribution in [0.15, 0.2) is 45.6 Å². The van der Waals surface area contributed by atoms with Gasteiger partial charge in [-0.15, -0.1) is 0 Å². The van der Waals surface area contributed by atoms with Crippen LogP contribution in [0.4, 0.5) is 0 Å². The lowest BCUT2D eigenvalue weighted by Crippen LogP contribution is -2.53. The van der Waals surface area contributed by atoms with Crippen LogP contribution in [0.1, 0.15) is 18.6 Å². The number of fused-ring (bicyclic) bond motifs is 1. The Morgan fingerprint density at radius 1 is 0.900 bits per heavy atom. The van der Waals surface area contributed by atoms with Crippen molar-refractivity contribution >= 4 is 11.0 Å². The molecule has 0 aliphatic carbocycles. The van der Waals surface area contributed by atoms with E-state index in [-0.39, 0.29) is 28.0 Å². The van der Waals surface area contributed by atoms with Crippen molar-refractivity contribution in [3.8, 4) is 28.6 Å². The van der Waals surface area contributed by atoms with Crippen molar-refractivity contribution in [3.63, 3.8) is 0 Å². The highest BCUT2D eigenvalue weighted by Crippen LogP contribution is 2.44. The number of ether oxygens (including phenoxy) is 1. The summed E-state index contributed by atoms with van der Waals surface area (Å²) in [6.45, 7) is 1.46. The maximum Gasteiger partial charge on any atom is 0.197 e. The van der Waals surface area contributed by atoms with Crippen LogP contribution >= 0.6 is 0 Å². The molecule has 1 fully saturated rings. The van der Waals surface area contributed by atoms with Crippen molar-refractivity contribution in [2.75, 3.05) is 0 Å². The Kier molecular flexibility index (Phi) is 4.91. The van der Waals surface area contributed by atoms with Crippen LogP contribution in [0.3, 0.4) is 0 Å². The van der Waals surface area contributed by atoms with E-state index in [0.29, 0.717) is 5.56 Å². The van der Waals surface area contributed by atoms with Gasteiger partial charge < -0.3 is 39.8 Å². The monoisotopic (exact) mass is 416 g/mol. The number of phenolic OH excluding ortho intramolecular Hbond substituents is 3. The molecule has 3 aromatic rings. The van der Waals surface area contributed by atoms with Crippen LogP contribution in [-0.2, 0) is 4.74 Å². The van der Waals surface area contributed by atoms with Crippen molar-refractivity contribution in [1.29, 1.82) is 0 Å². The van der Waals surface area contributed by atoms with Gasteiger partial charge in [-0.1, -0.05) is 0 Å². The summed E-state index contributed by atoms with van der Waals surface area (Å²) in [6.07, 6.45) is -6.90. The predicted molar refractivity (Wildman–Crippen MR) is 104 cm³/mol. The third-order valence-electron chi connectivity index (χ3n) is 5.30. The number of rotatable bonds is 2. The third kappa shape index (κ3) is 3.17. The molecular weight excluding hydrogens is 396 g/mol. The molecule has 1 aliphatic heterocycles. The van der Waals surface area contributed by atoms with Crippen molar-refractivity contribution in [2.45, 2.75) is 37.4 Å². The molecule has 0 radical (unpaired) electrons. The van der Waals surface area contributed by atoms with Gasteiger partial charge in [-0.05, 0) is 31.2 Å². The first kappa shape index (κ1) is 20.2. The van der Waals surface area contributed by atoms with Crippen LogP contribution in [-0.4, -0.2) is 55.1 Å². The molecule has 0 bridgehead atoms. The Morgan fingerprint density at radius 2 is 1.57 bits per heavy atom. The molecular formula is C21H20O9. The Balaban J connectivity index is 1.86. The Labute approximate surface area is 169 Å². The van der Waals surface area contributed by atoms with Crippen LogP contribution in [0.2, 0.25) is 0 Å². The predicted octanol–water partition coefficient (Wildman–Crippen LogP) is 1.12. The summed E-state index contributed by atoms with van der Waals surface area (Å²) in [5.41, 5.74) is -0.524. The molecule has 0 unspecified atom stereocenters. The zero-order valence-corrected chi connectivity index (χ0v) is 15.8. The number of hydrogen-bond acceptors (Lipinski definition) is 9. The second-order valence-corrected chi connectivity index (χ2v) is 7.29. The lowest BCUT2D eigenvalue weighted by atomic mass is 9.90. The number of aliphatic hydroxyl groups excluding tert-OH is 3. The quantitative estimate of drug-likeness (QED) is 0.360. The summed E-state index contributed by atoms with van der Waals surface area (Å²) in [5, 5.41) is 60.6. The van der Waals surface area contributed by atoms with Gasteiger partial charge in [-0.3, -0.25) is 4.79 Å². The number of benzene rings is 2. The van der Waals surface area contributed by atoms with Gasteiger partial charge in [0.15, 0.2) is 5.43 Å². The van der Waals surface area contributed by atoms with E-state index in [4.69, 9.17) is 9.15 Å². The molecule has 9 nitrogen and oxygen atoms in total. The Hall–Kier alpha value is -3.11. The fraction of sp³-hybridized carbons (Fsp3) is 0.286. The van der Waals surface area contributed by atoms with E-state index in [1.54, 1.807) is 0 Å². The first-order chi connectivity index (χ1) is 14.2. The molecule has 2 heterocycles. The van der Waals surface area contributed by atoms with E-state index in [2.05, 4.69) is 0 Å². The maximum absolute atomic E-state index is 12.7. The summed E-state index contributed by atoms with van der Waals surface area (Å²) < 4.78 is 11.1. The van der Waals surface area contributed by atoms with Crippen molar-refractivity contribution in [3.05, 3.63) is 52.2 Å². The highest BCUT2D eigenvalue weighted by atomic mass is 16.5. The molecule has 30 heavy (non-hydrogen) atoms. The fourth-order valence-corrected chi connectivity index (χ4v) is 3.64. The van der Waals surface area contributed by atoms with Gasteiger partial charge in [-0.25, -0.2) is 0 Å². The Morgan fingerprint density at radius 3 is 2.23 bits per heavy atom. The Bertz CT molecular complexity index is 1150. The highest BCUT2D eigenvalue weighted by Gasteiger charge is 2.44. The average molecular weight is 416 g/mol. The number of aromatic hydroxyl groups is 3. The van der Waals surface area contributed by atoms with E-state index in [9.17, 15) is 35.4 Å². The highest BCUT2D eigenvalue weighted by molar-refractivity contribution is 5.88. The topological polar surface area (TPSA) is 161 Å². The van der Waals surface area contributed by atoms with Gasteiger partial charge in [-0.2, -0.15) is 0 Å². The summed E-state index contributed by atoms with van der Waals surface area (Å²) in [5.74, 6) is -0.990. The SMILES string of the molecule is C[C@@H]1O[C@@H](c2c(O)cc3oc(-c4ccc(O)cc4)cc(=O)c3c2O)[C@H](O)[C@@H](O)[C@H]1O. The van der Waals surface area contributed by atoms with Crippen molar-refractivity contribution < 1.29 is 39.8 Å². The summed E-state index contributed by atoms with van der Waals surface area (Å²) >= 11 is 0. The minimum absolute atomic E-state index is 0.0365. The van der Waals surface area contributed by atoms with Gasteiger partial charge in [0.2, 0.25) is 0 Å². The van der Waals surface area contributed by atoms with Gasteiger partial charge in [0, 0.05) is 17.7 Å². The minimum Gasteiger partial charge on any atom is -0.508 e. The van der Waals surface area contributed by atoms with Gasteiger partial charge in [0.05, 0.1) is 11.7 Å². The van der Waals surface area contributed by atoms with Gasteiger partial charge in [0.25, 0.3) is 0 Å². The van der Waals surface area contributed by atoms with E-state index in [1.165, 1.54) is 31.2 Å². The third-order valence-corrected chi connectivity index (χ3v) is 5.30. The van der Waals surface area contributed by atoms with Crippen LogP contribution in [0.25, 0.3) is 22.3 Å². The van der Waals surface area contributed by atoms with E-state index < -0.39 is 47.4 Å². The molecule has 6 N–H and O–H groups in total. The van der Waals surface area contributed by atoms with Gasteiger partial charge >= 0.3 is 0 Å². The second-order valence-electron chi connectivity index (χ2n) is 7.29. The molecule has 1 aliphatic rings. The average Bonchev–Trinajstić information content (AvgIpc) is 2.70. The number of hydrogen-bond donors (Lipinski definition) is 6. The summed E-state index contributed by atoms with van der Waals surface area (Å²) in [4.78, 5) is 12.7. The molecule has 9 heteroatoms. The molecule has 158 valence electrons. The lowest BCUT2D eigenvalue weighted by Gasteiger charge is -2.39. The molecule has 1 aromatic heterocycles. The summed E-state index contributed by atoms with van der Waals surface area (Å²) in [6, 6.07) is 8.16. The first-order valence-corrected chi connectivity index (χ1v) is 9.20. The van der Waals surface area contributed by atoms with Crippen molar-refractivity contribution in [1.82, 2.24) is 0 Å².